The van der Waals surface area contributed by atoms with Crippen molar-refractivity contribution in [2.24, 2.45) is 5.10 Å². The highest BCUT2D eigenvalue weighted by atomic mass is 16.5. The predicted molar refractivity (Wildman–Crippen MR) is 168 cm³/mol. The second kappa shape index (κ2) is 14.5. The zero-order valence-electron chi connectivity index (χ0n) is 24.2. The Hall–Kier alpha value is -5.37. The highest BCUT2D eigenvalue weighted by Crippen LogP contribution is 2.25. The van der Waals surface area contributed by atoms with Crippen LogP contribution in [0, 0.1) is 0 Å². The lowest BCUT2D eigenvalue weighted by Crippen LogP contribution is -2.33. The number of nitrogens with zero attached hydrogens (tertiary/aromatic N) is 3. The third-order valence-corrected chi connectivity index (χ3v) is 6.50. The van der Waals surface area contributed by atoms with E-state index in [0.717, 1.165) is 40.2 Å². The minimum atomic E-state index is -0.768. The van der Waals surface area contributed by atoms with Crippen LogP contribution < -0.4 is 19.6 Å². The van der Waals surface area contributed by atoms with Crippen molar-refractivity contribution in [1.82, 2.24) is 15.2 Å². The van der Waals surface area contributed by atoms with Crippen molar-refractivity contribution >= 4 is 12.1 Å². The van der Waals surface area contributed by atoms with E-state index in [1.165, 1.54) is 0 Å². The Kier molecular flexibility index (Phi) is 9.82. The number of nitrogens with one attached hydrogen (secondary N) is 1. The Morgan fingerprint density at radius 2 is 1.49 bits per heavy atom. The summed E-state index contributed by atoms with van der Waals surface area (Å²) in [7, 11) is 0. The lowest BCUT2D eigenvalue weighted by Gasteiger charge is -2.13. The summed E-state index contributed by atoms with van der Waals surface area (Å²) < 4.78 is 19.2. The summed E-state index contributed by atoms with van der Waals surface area (Å²) in [6.45, 7) is 4.88. The van der Waals surface area contributed by atoms with Crippen LogP contribution in [0.15, 0.2) is 120 Å². The molecule has 0 saturated heterocycles. The van der Waals surface area contributed by atoms with Crippen molar-refractivity contribution < 1.29 is 19.0 Å². The average Bonchev–Trinajstić information content (AvgIpc) is 3.48. The molecule has 0 spiro atoms. The zero-order valence-corrected chi connectivity index (χ0v) is 24.2. The molecule has 1 unspecified atom stereocenters. The lowest BCUT2D eigenvalue weighted by molar-refractivity contribution is -0.127. The van der Waals surface area contributed by atoms with Crippen molar-refractivity contribution in [3.8, 4) is 34.2 Å². The monoisotopic (exact) mass is 574 g/mol. The van der Waals surface area contributed by atoms with Crippen LogP contribution in [-0.2, 0) is 11.4 Å². The number of benzene rings is 4. The summed E-state index contributed by atoms with van der Waals surface area (Å²) in [5.41, 5.74) is 6.95. The summed E-state index contributed by atoms with van der Waals surface area (Å²) in [6, 6.07) is 34.7. The predicted octanol–water partition coefficient (Wildman–Crippen LogP) is 6.82. The number of carbonyl (C=O) groups excluding carboxylic acids is 1. The first-order valence-corrected chi connectivity index (χ1v) is 14.2. The van der Waals surface area contributed by atoms with Crippen molar-refractivity contribution in [2.45, 2.75) is 33.0 Å². The van der Waals surface area contributed by atoms with Gasteiger partial charge in [0, 0.05) is 17.3 Å². The largest absolute Gasteiger partial charge is 0.494 e. The molecule has 0 radical (unpaired) electrons. The van der Waals surface area contributed by atoms with Gasteiger partial charge in [0.15, 0.2) is 6.10 Å². The molecule has 4 aromatic carbocycles. The Morgan fingerprint density at radius 3 is 2.19 bits per heavy atom. The van der Waals surface area contributed by atoms with Crippen LogP contribution in [0.3, 0.4) is 0 Å². The van der Waals surface area contributed by atoms with Gasteiger partial charge in [-0.1, -0.05) is 55.5 Å². The maximum absolute atomic E-state index is 12.8. The minimum Gasteiger partial charge on any atom is -0.494 e. The minimum absolute atomic E-state index is 0.380. The fourth-order valence-corrected chi connectivity index (χ4v) is 4.22. The molecule has 0 aliphatic rings. The summed E-state index contributed by atoms with van der Waals surface area (Å²) in [5, 5.41) is 9.03. The van der Waals surface area contributed by atoms with Gasteiger partial charge in [0.1, 0.15) is 29.5 Å². The quantitative estimate of drug-likeness (QED) is 0.123. The molecular formula is C35H34N4O4. The van der Waals surface area contributed by atoms with E-state index in [4.69, 9.17) is 19.3 Å². The molecule has 0 aliphatic carbocycles. The molecule has 8 heteroatoms. The van der Waals surface area contributed by atoms with E-state index < -0.39 is 6.10 Å². The second-order valence-electron chi connectivity index (χ2n) is 9.83. The summed E-state index contributed by atoms with van der Waals surface area (Å²) >= 11 is 0. The molecule has 218 valence electrons. The van der Waals surface area contributed by atoms with Crippen LogP contribution in [-0.4, -0.2) is 34.6 Å². The standard InChI is InChI=1S/C35H34N4O4/c1-3-22-41-31-16-14-28(15-17-31)34-29(24-39(38-34)30-12-8-5-9-13-30)23-36-37-35(40)26(2)43-33-20-18-32(19-21-33)42-25-27-10-6-4-7-11-27/h4-21,23-24,26H,3,22,25H2,1-2H3,(H,37,40). The molecule has 1 amide bonds. The van der Waals surface area contributed by atoms with E-state index in [1.807, 2.05) is 103 Å². The second-order valence-corrected chi connectivity index (χ2v) is 9.83. The number of amides is 1. The topological polar surface area (TPSA) is 87.0 Å². The molecule has 0 saturated carbocycles. The average molecular weight is 575 g/mol. The van der Waals surface area contributed by atoms with E-state index in [-0.39, 0.29) is 5.91 Å². The molecule has 43 heavy (non-hydrogen) atoms. The number of rotatable bonds is 13. The highest BCUT2D eigenvalue weighted by Gasteiger charge is 2.15. The number of aromatic nitrogens is 2. The summed E-state index contributed by atoms with van der Waals surface area (Å²) in [6.07, 6.45) is 3.64. The van der Waals surface area contributed by atoms with E-state index in [1.54, 1.807) is 30.0 Å². The first-order valence-electron chi connectivity index (χ1n) is 14.2. The van der Waals surface area contributed by atoms with Crippen LogP contribution >= 0.6 is 0 Å². The molecule has 1 heterocycles. The van der Waals surface area contributed by atoms with Crippen LogP contribution in [0.5, 0.6) is 17.2 Å². The van der Waals surface area contributed by atoms with Gasteiger partial charge in [0.25, 0.3) is 5.91 Å². The van der Waals surface area contributed by atoms with Crippen LogP contribution in [0.2, 0.25) is 0 Å². The maximum atomic E-state index is 12.8. The third-order valence-electron chi connectivity index (χ3n) is 6.50. The molecule has 1 N–H and O–H groups in total. The Bertz CT molecular complexity index is 1620. The third kappa shape index (κ3) is 8.10. The van der Waals surface area contributed by atoms with Crippen molar-refractivity contribution in [3.05, 3.63) is 127 Å². The zero-order chi connectivity index (χ0) is 29.9. The molecule has 1 atom stereocenters. The molecule has 5 aromatic rings. The molecule has 1 aromatic heterocycles. The van der Waals surface area contributed by atoms with E-state index in [2.05, 4.69) is 17.5 Å². The van der Waals surface area contributed by atoms with Gasteiger partial charge in [0.05, 0.1) is 18.5 Å². The van der Waals surface area contributed by atoms with Crippen molar-refractivity contribution in [2.75, 3.05) is 6.61 Å². The lowest BCUT2D eigenvalue weighted by atomic mass is 10.1. The SMILES string of the molecule is CCCOc1ccc(-c2nn(-c3ccccc3)cc2C=NNC(=O)C(C)Oc2ccc(OCc3ccccc3)cc2)cc1. The first kappa shape index (κ1) is 29.1. The summed E-state index contributed by atoms with van der Waals surface area (Å²) in [5.74, 6) is 1.69. The first-order chi connectivity index (χ1) is 21.1. The number of hydrogen-bond donors (Lipinski definition) is 1. The van der Waals surface area contributed by atoms with Gasteiger partial charge in [-0.05, 0) is 79.6 Å². The molecule has 0 fully saturated rings. The van der Waals surface area contributed by atoms with Gasteiger partial charge in [0.2, 0.25) is 0 Å². The number of hydrogen-bond acceptors (Lipinski definition) is 6. The fraction of sp³-hybridized carbons (Fsp3) is 0.171. The van der Waals surface area contributed by atoms with Gasteiger partial charge in [-0.3, -0.25) is 4.79 Å². The van der Waals surface area contributed by atoms with Gasteiger partial charge in [-0.25, -0.2) is 10.1 Å². The van der Waals surface area contributed by atoms with Gasteiger partial charge >= 0.3 is 0 Å². The molecule has 0 bridgehead atoms. The Balaban J connectivity index is 1.22. The van der Waals surface area contributed by atoms with Crippen molar-refractivity contribution in [1.29, 1.82) is 0 Å². The Morgan fingerprint density at radius 1 is 0.860 bits per heavy atom. The molecular weight excluding hydrogens is 540 g/mol. The van der Waals surface area contributed by atoms with E-state index in [0.29, 0.717) is 24.7 Å². The number of hydrazone groups is 1. The van der Waals surface area contributed by atoms with Crippen LogP contribution in [0.4, 0.5) is 0 Å². The maximum Gasteiger partial charge on any atom is 0.280 e. The normalized spacial score (nSPS) is 11.7. The Labute approximate surface area is 251 Å². The fourth-order valence-electron chi connectivity index (χ4n) is 4.22. The van der Waals surface area contributed by atoms with Gasteiger partial charge in [-0.15, -0.1) is 0 Å². The highest BCUT2D eigenvalue weighted by molar-refractivity contribution is 5.90. The number of carbonyl (C=O) groups is 1. The van der Waals surface area contributed by atoms with E-state index in [9.17, 15) is 4.79 Å². The van der Waals surface area contributed by atoms with Crippen LogP contribution in [0.1, 0.15) is 31.4 Å². The number of para-hydroxylation sites is 1. The molecule has 5 rings (SSSR count). The van der Waals surface area contributed by atoms with E-state index >= 15 is 0 Å². The molecule has 0 aliphatic heterocycles. The van der Waals surface area contributed by atoms with Crippen LogP contribution in [0.25, 0.3) is 16.9 Å². The van der Waals surface area contributed by atoms with Gasteiger partial charge in [-0.2, -0.15) is 10.2 Å². The smallest absolute Gasteiger partial charge is 0.280 e. The molecule has 8 nitrogen and oxygen atoms in total. The summed E-state index contributed by atoms with van der Waals surface area (Å²) in [4.78, 5) is 12.8. The van der Waals surface area contributed by atoms with Gasteiger partial charge < -0.3 is 14.2 Å². The van der Waals surface area contributed by atoms with Crippen molar-refractivity contribution in [3.63, 3.8) is 0 Å². The number of ether oxygens (including phenoxy) is 3.